The summed E-state index contributed by atoms with van der Waals surface area (Å²) in [5.74, 6) is 0. The minimum Gasteiger partial charge on any atom is -0.304 e. The van der Waals surface area contributed by atoms with Gasteiger partial charge in [0.1, 0.15) is 0 Å². The quantitative estimate of drug-likeness (QED) is 0.749. The molecule has 4 heteroatoms. The number of para-hydroxylation sites is 1. The Labute approximate surface area is 127 Å². The van der Waals surface area contributed by atoms with Gasteiger partial charge in [0.25, 0.3) is 0 Å². The molecule has 0 amide bonds. The van der Waals surface area contributed by atoms with E-state index < -0.39 is 0 Å². The van der Waals surface area contributed by atoms with E-state index in [0.717, 1.165) is 22.1 Å². The molecule has 3 aromatic rings. The molecule has 0 fully saturated rings. The fourth-order valence-electron chi connectivity index (χ4n) is 2.13. The van der Waals surface area contributed by atoms with Crippen LogP contribution in [0.25, 0.3) is 10.9 Å². The number of thiophene rings is 1. The van der Waals surface area contributed by atoms with Crippen LogP contribution in [0, 0.1) is 0 Å². The smallest absolute Gasteiger partial charge is 0.0931 e. The third kappa shape index (κ3) is 3.01. The third-order valence-corrected chi connectivity index (χ3v) is 4.68. The fraction of sp³-hybridized carbons (Fsp3) is 0.188. The standard InChI is InChI=1S/C16H15ClN2S/c1-11(15-8-9-16(17)20-15)18-10-13-7-6-12-4-2-3-5-14(12)19-13/h2-9,11,18H,10H2,1H3. The maximum Gasteiger partial charge on any atom is 0.0931 e. The molecule has 0 aliphatic heterocycles. The van der Waals surface area contributed by atoms with E-state index in [2.05, 4.69) is 41.5 Å². The molecule has 3 rings (SSSR count). The molecule has 0 radical (unpaired) electrons. The molecular weight excluding hydrogens is 288 g/mol. The van der Waals surface area contributed by atoms with Gasteiger partial charge in [-0.2, -0.15) is 0 Å². The molecule has 0 bridgehead atoms. The van der Waals surface area contributed by atoms with Crippen LogP contribution >= 0.6 is 22.9 Å². The second-order valence-electron chi connectivity index (χ2n) is 4.74. The molecule has 0 spiro atoms. The van der Waals surface area contributed by atoms with Crippen LogP contribution in [0.2, 0.25) is 4.34 Å². The lowest BCUT2D eigenvalue weighted by Crippen LogP contribution is -2.17. The first-order chi connectivity index (χ1) is 9.72. The molecule has 1 N–H and O–H groups in total. The van der Waals surface area contributed by atoms with Crippen LogP contribution in [-0.2, 0) is 6.54 Å². The number of aromatic nitrogens is 1. The van der Waals surface area contributed by atoms with Crippen molar-refractivity contribution >= 4 is 33.8 Å². The van der Waals surface area contributed by atoms with Crippen LogP contribution in [0.4, 0.5) is 0 Å². The van der Waals surface area contributed by atoms with Gasteiger partial charge < -0.3 is 5.32 Å². The highest BCUT2D eigenvalue weighted by atomic mass is 35.5. The lowest BCUT2D eigenvalue weighted by Gasteiger charge is -2.12. The minimum absolute atomic E-state index is 0.278. The maximum atomic E-state index is 5.97. The number of benzene rings is 1. The Balaban J connectivity index is 1.70. The minimum atomic E-state index is 0.278. The molecule has 2 aromatic heterocycles. The molecule has 0 aliphatic carbocycles. The van der Waals surface area contributed by atoms with Gasteiger partial charge in [0.15, 0.2) is 0 Å². The normalized spacial score (nSPS) is 12.7. The van der Waals surface area contributed by atoms with Crippen molar-refractivity contribution in [3.05, 3.63) is 63.4 Å². The Bertz CT molecular complexity index is 723. The second kappa shape index (κ2) is 5.92. The highest BCUT2D eigenvalue weighted by Crippen LogP contribution is 2.26. The largest absolute Gasteiger partial charge is 0.304 e. The van der Waals surface area contributed by atoms with Crippen molar-refractivity contribution in [1.29, 1.82) is 0 Å². The Morgan fingerprint density at radius 1 is 1.15 bits per heavy atom. The van der Waals surface area contributed by atoms with Crippen LogP contribution in [0.3, 0.4) is 0 Å². The summed E-state index contributed by atoms with van der Waals surface area (Å²) in [7, 11) is 0. The van der Waals surface area contributed by atoms with Gasteiger partial charge in [-0.3, -0.25) is 4.98 Å². The van der Waals surface area contributed by atoms with E-state index in [1.54, 1.807) is 11.3 Å². The van der Waals surface area contributed by atoms with Gasteiger partial charge in [-0.05, 0) is 31.2 Å². The number of hydrogen-bond acceptors (Lipinski definition) is 3. The Kier molecular flexibility index (Phi) is 4.01. The van der Waals surface area contributed by atoms with Gasteiger partial charge in [-0.25, -0.2) is 0 Å². The van der Waals surface area contributed by atoms with Crippen LogP contribution in [0.5, 0.6) is 0 Å². The van der Waals surface area contributed by atoms with Gasteiger partial charge in [-0.1, -0.05) is 35.9 Å². The summed E-state index contributed by atoms with van der Waals surface area (Å²) in [4.78, 5) is 5.91. The van der Waals surface area contributed by atoms with E-state index in [-0.39, 0.29) is 6.04 Å². The van der Waals surface area contributed by atoms with Gasteiger partial charge in [0, 0.05) is 22.8 Å². The summed E-state index contributed by atoms with van der Waals surface area (Å²) in [6.07, 6.45) is 0. The molecule has 20 heavy (non-hydrogen) atoms. The number of nitrogens with zero attached hydrogens (tertiary/aromatic N) is 1. The molecule has 0 aliphatic rings. The predicted molar refractivity (Wildman–Crippen MR) is 86.3 cm³/mol. The van der Waals surface area contributed by atoms with Crippen molar-refractivity contribution in [3.63, 3.8) is 0 Å². The van der Waals surface area contributed by atoms with Crippen LogP contribution in [-0.4, -0.2) is 4.98 Å². The first kappa shape index (κ1) is 13.6. The Hall–Kier alpha value is -1.42. The number of halogens is 1. The van der Waals surface area contributed by atoms with Crippen molar-refractivity contribution in [2.24, 2.45) is 0 Å². The molecule has 1 aromatic carbocycles. The second-order valence-corrected chi connectivity index (χ2v) is 6.49. The van der Waals surface area contributed by atoms with E-state index in [0.29, 0.717) is 0 Å². The summed E-state index contributed by atoms with van der Waals surface area (Å²) in [6, 6.07) is 16.6. The van der Waals surface area contributed by atoms with Crippen molar-refractivity contribution in [3.8, 4) is 0 Å². The average molecular weight is 303 g/mol. The lowest BCUT2D eigenvalue weighted by atomic mass is 10.2. The van der Waals surface area contributed by atoms with Gasteiger partial charge >= 0.3 is 0 Å². The lowest BCUT2D eigenvalue weighted by molar-refractivity contribution is 0.576. The average Bonchev–Trinajstić information content (AvgIpc) is 2.91. The third-order valence-electron chi connectivity index (χ3n) is 3.27. The molecule has 102 valence electrons. The number of hydrogen-bond donors (Lipinski definition) is 1. The number of fused-ring (bicyclic) bond motifs is 1. The molecular formula is C16H15ClN2S. The van der Waals surface area contributed by atoms with Gasteiger partial charge in [0.05, 0.1) is 15.5 Å². The Morgan fingerprint density at radius 3 is 2.80 bits per heavy atom. The van der Waals surface area contributed by atoms with Crippen molar-refractivity contribution in [2.75, 3.05) is 0 Å². The van der Waals surface area contributed by atoms with Crippen molar-refractivity contribution in [1.82, 2.24) is 10.3 Å². The first-order valence-electron chi connectivity index (χ1n) is 6.55. The van der Waals surface area contributed by atoms with Crippen molar-refractivity contribution < 1.29 is 0 Å². The molecule has 2 heterocycles. The van der Waals surface area contributed by atoms with Gasteiger partial charge in [-0.15, -0.1) is 11.3 Å². The number of nitrogens with one attached hydrogen (secondary N) is 1. The molecule has 1 atom stereocenters. The predicted octanol–water partition coefficient (Wildman–Crippen LogP) is 4.80. The van der Waals surface area contributed by atoms with Crippen molar-refractivity contribution in [2.45, 2.75) is 19.5 Å². The highest BCUT2D eigenvalue weighted by Gasteiger charge is 2.08. The topological polar surface area (TPSA) is 24.9 Å². The van der Waals surface area contributed by atoms with E-state index >= 15 is 0 Å². The monoisotopic (exact) mass is 302 g/mol. The van der Waals surface area contributed by atoms with E-state index in [9.17, 15) is 0 Å². The summed E-state index contributed by atoms with van der Waals surface area (Å²) in [5.41, 5.74) is 2.09. The Morgan fingerprint density at radius 2 is 2.00 bits per heavy atom. The van der Waals surface area contributed by atoms with E-state index in [1.807, 2.05) is 24.3 Å². The number of rotatable bonds is 4. The van der Waals surface area contributed by atoms with E-state index in [4.69, 9.17) is 11.6 Å². The first-order valence-corrected chi connectivity index (χ1v) is 7.75. The van der Waals surface area contributed by atoms with Crippen LogP contribution in [0.15, 0.2) is 48.5 Å². The maximum absolute atomic E-state index is 5.97. The number of pyridine rings is 1. The zero-order valence-electron chi connectivity index (χ0n) is 11.1. The molecule has 0 saturated heterocycles. The van der Waals surface area contributed by atoms with Crippen LogP contribution in [0.1, 0.15) is 23.5 Å². The molecule has 0 saturated carbocycles. The van der Waals surface area contributed by atoms with Gasteiger partial charge in [0.2, 0.25) is 0 Å². The zero-order valence-corrected chi connectivity index (χ0v) is 12.7. The molecule has 2 nitrogen and oxygen atoms in total. The van der Waals surface area contributed by atoms with E-state index in [1.165, 1.54) is 10.3 Å². The molecule has 1 unspecified atom stereocenters. The summed E-state index contributed by atoms with van der Waals surface area (Å²) >= 11 is 7.58. The fourth-order valence-corrected chi connectivity index (χ4v) is 3.21. The highest BCUT2D eigenvalue weighted by molar-refractivity contribution is 7.16. The summed E-state index contributed by atoms with van der Waals surface area (Å²) in [6.45, 7) is 2.89. The SMILES string of the molecule is CC(NCc1ccc2ccccc2n1)c1ccc(Cl)s1. The zero-order chi connectivity index (χ0) is 13.9. The summed E-state index contributed by atoms with van der Waals surface area (Å²) < 4.78 is 0.831. The van der Waals surface area contributed by atoms with Crippen LogP contribution < -0.4 is 5.32 Å². The summed E-state index contributed by atoms with van der Waals surface area (Å²) in [5, 5.41) is 4.66.